The van der Waals surface area contributed by atoms with Crippen molar-refractivity contribution in [2.24, 2.45) is 0 Å². The van der Waals surface area contributed by atoms with Crippen LogP contribution in [0.15, 0.2) is 18.2 Å². The summed E-state index contributed by atoms with van der Waals surface area (Å²) in [5.41, 5.74) is 1.08. The van der Waals surface area contributed by atoms with Gasteiger partial charge in [-0.25, -0.2) is 0 Å². The highest BCUT2D eigenvalue weighted by Gasteiger charge is 2.52. The van der Waals surface area contributed by atoms with Crippen LogP contribution < -0.4 is 10.8 Å². The second kappa shape index (κ2) is 6.04. The van der Waals surface area contributed by atoms with E-state index in [4.69, 9.17) is 14.0 Å². The first-order chi connectivity index (χ1) is 10.4. The standard InChI is InChI=1S/C17H28BO4P/c1-12(20-6)14-10-9-13(23(7,8)19)11-15(14)18-21-16(2,3)17(4,5)22-18/h9-12H,1-8H3/t12-/m0/s1. The second-order valence-corrected chi connectivity index (χ2v) is 10.8. The maximum Gasteiger partial charge on any atom is 0.495 e. The van der Waals surface area contributed by atoms with Crippen molar-refractivity contribution in [1.82, 2.24) is 0 Å². The summed E-state index contributed by atoms with van der Waals surface area (Å²) in [4.78, 5) is 0. The molecule has 1 aromatic rings. The van der Waals surface area contributed by atoms with Crippen molar-refractivity contribution in [2.75, 3.05) is 20.4 Å². The summed E-state index contributed by atoms with van der Waals surface area (Å²) < 4.78 is 30.3. The Labute approximate surface area is 140 Å². The number of ether oxygens (including phenoxy) is 1. The van der Waals surface area contributed by atoms with E-state index >= 15 is 0 Å². The molecule has 0 bridgehead atoms. The maximum atomic E-state index is 12.5. The Morgan fingerprint density at radius 3 is 2.09 bits per heavy atom. The van der Waals surface area contributed by atoms with E-state index < -0.39 is 25.5 Å². The molecule has 0 amide bonds. The SMILES string of the molecule is CO[C@@H](C)c1ccc(P(C)(C)=O)cc1B1OC(C)(C)C(C)(C)O1. The average Bonchev–Trinajstić information content (AvgIpc) is 2.65. The molecule has 2 rings (SSSR count). The van der Waals surface area contributed by atoms with Crippen LogP contribution in [0.3, 0.4) is 0 Å². The molecular formula is C17H28BO4P. The van der Waals surface area contributed by atoms with E-state index in [1.165, 1.54) is 0 Å². The van der Waals surface area contributed by atoms with E-state index in [0.717, 1.165) is 16.3 Å². The number of hydrogen-bond donors (Lipinski definition) is 0. The van der Waals surface area contributed by atoms with Crippen molar-refractivity contribution in [3.8, 4) is 0 Å². The molecule has 1 fully saturated rings. The second-order valence-electron chi connectivity index (χ2n) is 7.63. The third kappa shape index (κ3) is 3.58. The lowest BCUT2D eigenvalue weighted by atomic mass is 9.75. The molecule has 0 aromatic heterocycles. The van der Waals surface area contributed by atoms with Gasteiger partial charge in [0.15, 0.2) is 0 Å². The van der Waals surface area contributed by atoms with Crippen molar-refractivity contribution in [3.63, 3.8) is 0 Å². The molecule has 1 aliphatic rings. The molecule has 6 heteroatoms. The maximum absolute atomic E-state index is 12.5. The van der Waals surface area contributed by atoms with Crippen LogP contribution in [-0.2, 0) is 18.6 Å². The highest BCUT2D eigenvalue weighted by atomic mass is 31.2. The highest BCUT2D eigenvalue weighted by molar-refractivity contribution is 7.70. The summed E-state index contributed by atoms with van der Waals surface area (Å²) in [6.07, 6.45) is -0.0915. The van der Waals surface area contributed by atoms with E-state index in [0.29, 0.717) is 0 Å². The first kappa shape index (κ1) is 18.7. The molecule has 0 radical (unpaired) electrons. The summed E-state index contributed by atoms with van der Waals surface area (Å²) in [5.74, 6) is 0. The fraction of sp³-hybridized carbons (Fsp3) is 0.647. The lowest BCUT2D eigenvalue weighted by Crippen LogP contribution is -2.41. The summed E-state index contributed by atoms with van der Waals surface area (Å²) >= 11 is 0. The number of hydrogen-bond acceptors (Lipinski definition) is 4. The third-order valence-electron chi connectivity index (χ3n) is 4.99. The number of methoxy groups -OCH3 is 1. The van der Waals surface area contributed by atoms with Crippen LogP contribution in [0.1, 0.15) is 46.3 Å². The van der Waals surface area contributed by atoms with Gasteiger partial charge in [-0.3, -0.25) is 0 Å². The largest absolute Gasteiger partial charge is 0.495 e. The van der Waals surface area contributed by atoms with Crippen LogP contribution >= 0.6 is 7.14 Å². The Balaban J connectivity index is 2.53. The van der Waals surface area contributed by atoms with Crippen LogP contribution in [-0.4, -0.2) is 38.8 Å². The zero-order valence-corrected chi connectivity index (χ0v) is 16.4. The zero-order chi connectivity index (χ0) is 17.6. The average molecular weight is 338 g/mol. The van der Waals surface area contributed by atoms with E-state index in [9.17, 15) is 4.57 Å². The fourth-order valence-electron chi connectivity index (χ4n) is 2.57. The van der Waals surface area contributed by atoms with Crippen LogP contribution in [0.25, 0.3) is 0 Å². The Morgan fingerprint density at radius 2 is 1.65 bits per heavy atom. The van der Waals surface area contributed by atoms with E-state index in [1.54, 1.807) is 20.4 Å². The molecule has 1 aliphatic heterocycles. The van der Waals surface area contributed by atoms with Crippen LogP contribution in [0.2, 0.25) is 0 Å². The van der Waals surface area contributed by atoms with Crippen molar-refractivity contribution in [3.05, 3.63) is 23.8 Å². The zero-order valence-electron chi connectivity index (χ0n) is 15.5. The number of benzene rings is 1. The summed E-state index contributed by atoms with van der Waals surface area (Å²) in [7, 11) is -1.17. The monoisotopic (exact) mass is 338 g/mol. The minimum absolute atomic E-state index is 0.0915. The number of rotatable bonds is 4. The van der Waals surface area contributed by atoms with Crippen molar-refractivity contribution in [2.45, 2.75) is 51.9 Å². The van der Waals surface area contributed by atoms with Gasteiger partial charge >= 0.3 is 7.12 Å². The van der Waals surface area contributed by atoms with E-state index in [-0.39, 0.29) is 6.10 Å². The summed E-state index contributed by atoms with van der Waals surface area (Å²) in [5, 5.41) is 0.828. The van der Waals surface area contributed by atoms with Gasteiger partial charge in [-0.15, -0.1) is 0 Å². The minimum atomic E-state index is -2.36. The van der Waals surface area contributed by atoms with Gasteiger partial charge in [0.1, 0.15) is 7.14 Å². The molecule has 0 aliphatic carbocycles. The molecule has 0 N–H and O–H groups in total. The quantitative estimate of drug-likeness (QED) is 0.626. The minimum Gasteiger partial charge on any atom is -0.399 e. The van der Waals surface area contributed by atoms with Crippen LogP contribution in [0, 0.1) is 0 Å². The molecule has 0 spiro atoms. The molecule has 1 aromatic carbocycles. The van der Waals surface area contributed by atoms with Crippen LogP contribution in [0.5, 0.6) is 0 Å². The van der Waals surface area contributed by atoms with Crippen molar-refractivity contribution >= 4 is 25.0 Å². The lowest BCUT2D eigenvalue weighted by Gasteiger charge is -2.32. The van der Waals surface area contributed by atoms with Gasteiger partial charge in [0.2, 0.25) is 0 Å². The fourth-order valence-corrected chi connectivity index (χ4v) is 3.45. The van der Waals surface area contributed by atoms with Gasteiger partial charge in [0.25, 0.3) is 0 Å². The van der Waals surface area contributed by atoms with E-state index in [1.807, 2.05) is 52.8 Å². The van der Waals surface area contributed by atoms with Crippen molar-refractivity contribution in [1.29, 1.82) is 0 Å². The molecule has 1 saturated heterocycles. The van der Waals surface area contributed by atoms with Crippen LogP contribution in [0.4, 0.5) is 0 Å². The first-order valence-corrected chi connectivity index (χ1v) is 10.6. The normalized spacial score (nSPS) is 21.5. The Kier molecular flexibility index (Phi) is 4.92. The summed E-state index contributed by atoms with van der Waals surface area (Å²) in [6, 6.07) is 5.84. The van der Waals surface area contributed by atoms with Crippen molar-refractivity contribution < 1.29 is 18.6 Å². The van der Waals surface area contributed by atoms with Gasteiger partial charge in [0.05, 0.1) is 17.3 Å². The van der Waals surface area contributed by atoms with E-state index in [2.05, 4.69) is 0 Å². The Hall–Kier alpha value is -0.605. The highest BCUT2D eigenvalue weighted by Crippen LogP contribution is 2.38. The Bertz CT molecular complexity index is 619. The first-order valence-electron chi connectivity index (χ1n) is 7.97. The van der Waals surface area contributed by atoms with Gasteiger partial charge in [-0.1, -0.05) is 18.2 Å². The van der Waals surface area contributed by atoms with Gasteiger partial charge < -0.3 is 18.6 Å². The summed E-state index contributed by atoms with van der Waals surface area (Å²) in [6.45, 7) is 13.6. The van der Waals surface area contributed by atoms with Gasteiger partial charge in [0, 0.05) is 12.4 Å². The third-order valence-corrected chi connectivity index (χ3v) is 6.51. The molecular weight excluding hydrogens is 310 g/mol. The molecule has 0 saturated carbocycles. The molecule has 0 unspecified atom stereocenters. The molecule has 1 heterocycles. The smallest absolute Gasteiger partial charge is 0.399 e. The predicted octanol–water partition coefficient (Wildman–Crippen LogP) is 2.94. The topological polar surface area (TPSA) is 44.8 Å². The molecule has 128 valence electrons. The van der Waals surface area contributed by atoms with Gasteiger partial charge in [-0.2, -0.15) is 0 Å². The molecule has 23 heavy (non-hydrogen) atoms. The Morgan fingerprint density at radius 1 is 1.13 bits per heavy atom. The predicted molar refractivity (Wildman–Crippen MR) is 96.7 cm³/mol. The molecule has 4 nitrogen and oxygen atoms in total. The van der Waals surface area contributed by atoms with Gasteiger partial charge in [-0.05, 0) is 59.0 Å². The lowest BCUT2D eigenvalue weighted by molar-refractivity contribution is 0.00578. The molecule has 1 atom stereocenters.